The van der Waals surface area contributed by atoms with Crippen LogP contribution in [0.25, 0.3) is 0 Å². The van der Waals surface area contributed by atoms with Crippen LogP contribution >= 0.6 is 23.2 Å². The molecule has 1 rings (SSSR count). The van der Waals surface area contributed by atoms with E-state index in [1.54, 1.807) is 6.07 Å². The van der Waals surface area contributed by atoms with Gasteiger partial charge in [0.15, 0.2) is 0 Å². The van der Waals surface area contributed by atoms with E-state index in [0.717, 1.165) is 6.07 Å². The number of nitrogens with zero attached hydrogens (tertiary/aromatic N) is 1. The summed E-state index contributed by atoms with van der Waals surface area (Å²) >= 11 is 10.7. The minimum atomic E-state index is -0.838. The molecular formula is C8H3Cl2F2N. The minimum Gasteiger partial charge on any atom is -0.205 e. The van der Waals surface area contributed by atoms with Crippen molar-refractivity contribution in [1.29, 1.82) is 5.26 Å². The van der Waals surface area contributed by atoms with Crippen molar-refractivity contribution < 1.29 is 8.78 Å². The summed E-state index contributed by atoms with van der Waals surface area (Å²) in [5, 5.41) is 7.34. The molecule has 1 aromatic carbocycles. The summed E-state index contributed by atoms with van der Waals surface area (Å²) < 4.78 is 25.9. The molecule has 0 saturated heterocycles. The fourth-order valence-electron chi connectivity index (χ4n) is 0.836. The lowest BCUT2D eigenvalue weighted by molar-refractivity contribution is 0.590. The van der Waals surface area contributed by atoms with Crippen molar-refractivity contribution in [3.8, 4) is 6.07 Å². The van der Waals surface area contributed by atoms with Crippen molar-refractivity contribution in [2.75, 3.05) is 0 Å². The SMILES string of the molecule is N#CCc1cc(F)c(Cl)c(Cl)c1F. The van der Waals surface area contributed by atoms with Crippen LogP contribution in [-0.2, 0) is 6.42 Å². The topological polar surface area (TPSA) is 23.8 Å². The van der Waals surface area contributed by atoms with E-state index in [0.29, 0.717) is 0 Å². The third-order valence-electron chi connectivity index (χ3n) is 1.45. The molecular weight excluding hydrogens is 219 g/mol. The summed E-state index contributed by atoms with van der Waals surface area (Å²) in [7, 11) is 0. The molecule has 0 radical (unpaired) electrons. The van der Waals surface area contributed by atoms with Gasteiger partial charge in [-0.2, -0.15) is 5.26 Å². The van der Waals surface area contributed by atoms with E-state index in [9.17, 15) is 8.78 Å². The standard InChI is InChI=1S/C8H3Cl2F2N/c9-6-5(11)3-4(1-2-13)8(12)7(6)10/h3H,1H2. The van der Waals surface area contributed by atoms with E-state index in [2.05, 4.69) is 0 Å². The van der Waals surface area contributed by atoms with Gasteiger partial charge in [0, 0.05) is 5.56 Å². The van der Waals surface area contributed by atoms with Crippen molar-refractivity contribution in [3.05, 3.63) is 33.3 Å². The Balaban J connectivity index is 3.34. The van der Waals surface area contributed by atoms with Gasteiger partial charge in [-0.05, 0) is 6.07 Å². The van der Waals surface area contributed by atoms with Gasteiger partial charge < -0.3 is 0 Å². The van der Waals surface area contributed by atoms with Gasteiger partial charge in [-0.25, -0.2) is 8.78 Å². The largest absolute Gasteiger partial charge is 0.205 e. The Hall–Kier alpha value is -0.850. The van der Waals surface area contributed by atoms with Crippen LogP contribution in [0.1, 0.15) is 5.56 Å². The van der Waals surface area contributed by atoms with Crippen molar-refractivity contribution in [1.82, 2.24) is 0 Å². The molecule has 0 bridgehead atoms. The highest BCUT2D eigenvalue weighted by Crippen LogP contribution is 2.30. The first-order valence-electron chi connectivity index (χ1n) is 3.26. The summed E-state index contributed by atoms with van der Waals surface area (Å²) in [6.45, 7) is 0. The highest BCUT2D eigenvalue weighted by molar-refractivity contribution is 6.42. The second kappa shape index (κ2) is 3.91. The number of rotatable bonds is 1. The Kier molecular flexibility index (Phi) is 3.07. The van der Waals surface area contributed by atoms with Crippen LogP contribution in [0, 0.1) is 23.0 Å². The van der Waals surface area contributed by atoms with E-state index in [-0.39, 0.29) is 12.0 Å². The minimum absolute atomic E-state index is 0.0885. The first kappa shape index (κ1) is 10.2. The molecule has 0 heterocycles. The third-order valence-corrected chi connectivity index (χ3v) is 2.27. The Labute approximate surface area is 83.5 Å². The van der Waals surface area contributed by atoms with Crippen LogP contribution in [0.5, 0.6) is 0 Å². The zero-order valence-corrected chi connectivity index (χ0v) is 7.76. The summed E-state index contributed by atoms with van der Waals surface area (Å²) in [6.07, 6.45) is -0.236. The molecule has 0 aliphatic heterocycles. The highest BCUT2D eigenvalue weighted by Gasteiger charge is 2.14. The average molecular weight is 222 g/mol. The van der Waals surface area contributed by atoms with Crippen LogP contribution < -0.4 is 0 Å². The summed E-state index contributed by atoms with van der Waals surface area (Å²) in [5.74, 6) is -1.66. The van der Waals surface area contributed by atoms with Gasteiger partial charge in [-0.1, -0.05) is 23.2 Å². The van der Waals surface area contributed by atoms with Crippen molar-refractivity contribution in [2.24, 2.45) is 0 Å². The van der Waals surface area contributed by atoms with Gasteiger partial charge in [0.2, 0.25) is 0 Å². The van der Waals surface area contributed by atoms with E-state index in [4.69, 9.17) is 28.5 Å². The monoisotopic (exact) mass is 221 g/mol. The lowest BCUT2D eigenvalue weighted by Gasteiger charge is -2.03. The van der Waals surface area contributed by atoms with E-state index in [1.807, 2.05) is 0 Å². The maximum absolute atomic E-state index is 13.1. The van der Waals surface area contributed by atoms with E-state index < -0.39 is 21.7 Å². The zero-order chi connectivity index (χ0) is 10.0. The van der Waals surface area contributed by atoms with Gasteiger partial charge in [-0.15, -0.1) is 0 Å². The van der Waals surface area contributed by atoms with E-state index >= 15 is 0 Å². The first-order valence-corrected chi connectivity index (χ1v) is 4.02. The molecule has 0 spiro atoms. The smallest absolute Gasteiger partial charge is 0.147 e. The summed E-state index contributed by atoms with van der Waals surface area (Å²) in [6, 6.07) is 2.56. The van der Waals surface area contributed by atoms with Crippen LogP contribution in [0.2, 0.25) is 10.0 Å². The maximum atomic E-state index is 13.1. The van der Waals surface area contributed by atoms with Crippen molar-refractivity contribution in [2.45, 2.75) is 6.42 Å². The number of hydrogen-bond donors (Lipinski definition) is 0. The second-order valence-corrected chi connectivity index (χ2v) is 3.05. The Morgan fingerprint density at radius 3 is 2.46 bits per heavy atom. The molecule has 0 saturated carbocycles. The van der Waals surface area contributed by atoms with Crippen LogP contribution in [0.4, 0.5) is 8.78 Å². The second-order valence-electron chi connectivity index (χ2n) is 2.29. The maximum Gasteiger partial charge on any atom is 0.147 e. The predicted molar refractivity (Wildman–Crippen MR) is 45.7 cm³/mol. The summed E-state index contributed by atoms with van der Waals surface area (Å²) in [4.78, 5) is 0. The molecule has 0 atom stereocenters. The highest BCUT2D eigenvalue weighted by atomic mass is 35.5. The fourth-order valence-corrected chi connectivity index (χ4v) is 1.18. The van der Waals surface area contributed by atoms with Crippen LogP contribution in [0.3, 0.4) is 0 Å². The van der Waals surface area contributed by atoms with Crippen LogP contribution in [-0.4, -0.2) is 0 Å². The Bertz CT molecular complexity index is 385. The molecule has 5 heteroatoms. The van der Waals surface area contributed by atoms with Crippen LogP contribution in [0.15, 0.2) is 6.07 Å². The zero-order valence-electron chi connectivity index (χ0n) is 6.24. The molecule has 0 aliphatic rings. The average Bonchev–Trinajstić information content (AvgIpc) is 2.11. The lowest BCUT2D eigenvalue weighted by atomic mass is 10.1. The normalized spacial score (nSPS) is 9.77. The Morgan fingerprint density at radius 1 is 1.31 bits per heavy atom. The van der Waals surface area contributed by atoms with Gasteiger partial charge in [0.1, 0.15) is 11.6 Å². The molecule has 0 N–H and O–H groups in total. The van der Waals surface area contributed by atoms with Gasteiger partial charge in [0.25, 0.3) is 0 Å². The molecule has 0 aromatic heterocycles. The first-order chi connectivity index (χ1) is 6.07. The molecule has 1 nitrogen and oxygen atoms in total. The molecule has 0 aliphatic carbocycles. The number of nitriles is 1. The van der Waals surface area contributed by atoms with Crippen molar-refractivity contribution in [3.63, 3.8) is 0 Å². The molecule has 68 valence electrons. The number of halogens is 4. The molecule has 13 heavy (non-hydrogen) atoms. The predicted octanol–water partition coefficient (Wildman–Crippen LogP) is 3.34. The van der Waals surface area contributed by atoms with E-state index in [1.165, 1.54) is 0 Å². The van der Waals surface area contributed by atoms with Gasteiger partial charge >= 0.3 is 0 Å². The lowest BCUT2D eigenvalue weighted by Crippen LogP contribution is -1.93. The third kappa shape index (κ3) is 1.90. The molecule has 1 aromatic rings. The molecule has 0 unspecified atom stereocenters. The fraction of sp³-hybridized carbons (Fsp3) is 0.125. The Morgan fingerprint density at radius 2 is 1.92 bits per heavy atom. The summed E-state index contributed by atoms with van der Waals surface area (Å²) in [5.41, 5.74) is -0.0885. The van der Waals surface area contributed by atoms with Gasteiger partial charge in [-0.3, -0.25) is 0 Å². The van der Waals surface area contributed by atoms with Crippen molar-refractivity contribution >= 4 is 23.2 Å². The number of benzene rings is 1. The quantitative estimate of drug-likeness (QED) is 0.528. The van der Waals surface area contributed by atoms with Gasteiger partial charge in [0.05, 0.1) is 22.5 Å². The molecule has 0 amide bonds. The number of hydrogen-bond acceptors (Lipinski definition) is 1. The molecule has 0 fully saturated rings.